The number of hydrogen-bond donors (Lipinski definition) is 2. The van der Waals surface area contributed by atoms with Gasteiger partial charge in [-0.25, -0.2) is 4.98 Å². The molecule has 3 aromatic carbocycles. The lowest BCUT2D eigenvalue weighted by molar-refractivity contribution is 0.482. The number of ether oxygens (including phenoxy) is 1. The van der Waals surface area contributed by atoms with Crippen molar-refractivity contribution in [3.63, 3.8) is 0 Å². The summed E-state index contributed by atoms with van der Waals surface area (Å²) in [4.78, 5) is 7.93. The molecule has 5 heteroatoms. The molecule has 4 nitrogen and oxygen atoms in total. The van der Waals surface area contributed by atoms with E-state index >= 15 is 0 Å². The maximum Gasteiger partial charge on any atom is 0.127 e. The Hall–Kier alpha value is -3.50. The second-order valence-electron chi connectivity index (χ2n) is 6.84. The average Bonchev–Trinajstić information content (AvgIpc) is 3.12. The Bertz CT molecular complexity index is 1290. The molecular weight excluding hydrogens is 382 g/mol. The van der Waals surface area contributed by atoms with E-state index in [4.69, 9.17) is 16.3 Å². The van der Waals surface area contributed by atoms with Gasteiger partial charge in [0.05, 0.1) is 11.7 Å². The predicted molar refractivity (Wildman–Crippen MR) is 119 cm³/mol. The highest BCUT2D eigenvalue weighted by Gasteiger charge is 2.06. The lowest BCUT2D eigenvalue weighted by Crippen LogP contribution is -2.01. The number of pyridine rings is 1. The fourth-order valence-electron chi connectivity index (χ4n) is 3.40. The van der Waals surface area contributed by atoms with Gasteiger partial charge in [0.25, 0.3) is 0 Å². The summed E-state index contributed by atoms with van der Waals surface area (Å²) in [6.45, 7) is 0.651. The molecule has 0 bridgehead atoms. The number of nitrogens with zero attached hydrogens (tertiary/aromatic N) is 1. The van der Waals surface area contributed by atoms with Crippen molar-refractivity contribution < 1.29 is 4.74 Å². The number of rotatable bonds is 5. The van der Waals surface area contributed by atoms with Crippen LogP contribution in [0.2, 0.25) is 5.02 Å². The average molecular weight is 400 g/mol. The molecular formula is C24H18ClN3O. The van der Waals surface area contributed by atoms with Gasteiger partial charge in [0.1, 0.15) is 17.3 Å². The molecule has 0 aliphatic carbocycles. The number of aromatic nitrogens is 2. The molecule has 0 saturated heterocycles. The van der Waals surface area contributed by atoms with Crippen molar-refractivity contribution in [2.24, 2.45) is 0 Å². The number of benzene rings is 3. The normalized spacial score (nSPS) is 11.1. The molecule has 142 valence electrons. The molecule has 5 aromatic rings. The summed E-state index contributed by atoms with van der Waals surface area (Å²) in [5, 5.41) is 6.46. The summed E-state index contributed by atoms with van der Waals surface area (Å²) < 4.78 is 5.92. The Balaban J connectivity index is 1.33. The molecule has 0 fully saturated rings. The fraction of sp³-hybridized carbons (Fsp3) is 0.0417. The first-order chi connectivity index (χ1) is 14.2. The van der Waals surface area contributed by atoms with Crippen LogP contribution in [-0.4, -0.2) is 9.97 Å². The van der Waals surface area contributed by atoms with Crippen LogP contribution in [0.1, 0.15) is 5.56 Å². The number of H-pyrrole nitrogens is 1. The number of aromatic amines is 1. The lowest BCUT2D eigenvalue weighted by atomic mass is 10.2. The third kappa shape index (κ3) is 3.75. The van der Waals surface area contributed by atoms with E-state index < -0.39 is 0 Å². The van der Waals surface area contributed by atoms with Gasteiger partial charge < -0.3 is 15.0 Å². The molecule has 2 aromatic heterocycles. The molecule has 0 spiro atoms. The van der Waals surface area contributed by atoms with Crippen LogP contribution in [0.25, 0.3) is 21.8 Å². The highest BCUT2D eigenvalue weighted by atomic mass is 35.5. The van der Waals surface area contributed by atoms with E-state index in [-0.39, 0.29) is 0 Å². The van der Waals surface area contributed by atoms with Crippen LogP contribution in [0.4, 0.5) is 5.82 Å². The Morgan fingerprint density at radius 1 is 0.828 bits per heavy atom. The van der Waals surface area contributed by atoms with E-state index in [1.54, 1.807) is 0 Å². The van der Waals surface area contributed by atoms with Crippen LogP contribution in [0, 0.1) is 0 Å². The van der Waals surface area contributed by atoms with Crippen molar-refractivity contribution in [2.45, 2.75) is 6.54 Å². The molecule has 0 aliphatic rings. The third-order valence-corrected chi connectivity index (χ3v) is 5.06. The van der Waals surface area contributed by atoms with Crippen molar-refractivity contribution >= 4 is 39.2 Å². The van der Waals surface area contributed by atoms with Gasteiger partial charge >= 0.3 is 0 Å². The molecule has 0 unspecified atom stereocenters. The second kappa shape index (κ2) is 7.49. The van der Waals surface area contributed by atoms with Crippen LogP contribution in [-0.2, 0) is 6.54 Å². The van der Waals surface area contributed by atoms with Gasteiger partial charge in [-0.05, 0) is 54.1 Å². The molecule has 2 N–H and O–H groups in total. The minimum atomic E-state index is 0.651. The molecule has 0 radical (unpaired) electrons. The van der Waals surface area contributed by atoms with Crippen LogP contribution < -0.4 is 10.1 Å². The molecule has 2 heterocycles. The van der Waals surface area contributed by atoms with Crippen molar-refractivity contribution in [3.8, 4) is 11.5 Å². The second-order valence-corrected chi connectivity index (χ2v) is 7.28. The summed E-state index contributed by atoms with van der Waals surface area (Å²) in [6, 6.07) is 25.7. The molecule has 0 saturated carbocycles. The van der Waals surface area contributed by atoms with Crippen molar-refractivity contribution in [3.05, 3.63) is 95.6 Å². The number of hydrogen-bond acceptors (Lipinski definition) is 3. The Labute approximate surface area is 173 Å². The summed E-state index contributed by atoms with van der Waals surface area (Å²) in [5.74, 6) is 2.38. The lowest BCUT2D eigenvalue weighted by Gasteiger charge is -2.09. The van der Waals surface area contributed by atoms with Gasteiger partial charge in [0, 0.05) is 27.9 Å². The van der Waals surface area contributed by atoms with Crippen LogP contribution in [0.3, 0.4) is 0 Å². The monoisotopic (exact) mass is 399 g/mol. The first-order valence-electron chi connectivity index (χ1n) is 9.37. The van der Waals surface area contributed by atoms with Crippen molar-refractivity contribution in [1.82, 2.24) is 9.97 Å². The fourth-order valence-corrected chi connectivity index (χ4v) is 3.52. The molecule has 0 aliphatic heterocycles. The van der Waals surface area contributed by atoms with E-state index in [9.17, 15) is 0 Å². The topological polar surface area (TPSA) is 49.9 Å². The Kier molecular flexibility index (Phi) is 4.54. The highest BCUT2D eigenvalue weighted by Crippen LogP contribution is 2.27. The van der Waals surface area contributed by atoms with Gasteiger partial charge in [-0.15, -0.1) is 0 Å². The van der Waals surface area contributed by atoms with Crippen LogP contribution >= 0.6 is 11.6 Å². The van der Waals surface area contributed by atoms with Crippen LogP contribution in [0.15, 0.2) is 85.1 Å². The van der Waals surface area contributed by atoms with Gasteiger partial charge in [-0.3, -0.25) is 0 Å². The zero-order valence-electron chi connectivity index (χ0n) is 15.5. The molecule has 0 atom stereocenters. The smallest absolute Gasteiger partial charge is 0.127 e. The number of halogens is 1. The number of nitrogens with one attached hydrogen (secondary N) is 2. The largest absolute Gasteiger partial charge is 0.457 e. The van der Waals surface area contributed by atoms with Crippen molar-refractivity contribution in [1.29, 1.82) is 0 Å². The summed E-state index contributed by atoms with van der Waals surface area (Å²) in [5.41, 5.74) is 3.26. The van der Waals surface area contributed by atoms with Crippen LogP contribution in [0.5, 0.6) is 11.5 Å². The van der Waals surface area contributed by atoms with E-state index in [1.165, 1.54) is 5.39 Å². The summed E-state index contributed by atoms with van der Waals surface area (Å²) >= 11 is 5.93. The minimum absolute atomic E-state index is 0.651. The van der Waals surface area contributed by atoms with E-state index in [0.717, 1.165) is 39.3 Å². The first-order valence-corrected chi connectivity index (χ1v) is 9.75. The van der Waals surface area contributed by atoms with Crippen molar-refractivity contribution in [2.75, 3.05) is 5.32 Å². The Morgan fingerprint density at radius 2 is 1.69 bits per heavy atom. The van der Waals surface area contributed by atoms with Gasteiger partial charge in [-0.1, -0.05) is 41.9 Å². The highest BCUT2D eigenvalue weighted by molar-refractivity contribution is 6.30. The maximum absolute atomic E-state index is 5.93. The Morgan fingerprint density at radius 3 is 2.59 bits per heavy atom. The number of para-hydroxylation sites is 1. The molecule has 0 amide bonds. The van der Waals surface area contributed by atoms with E-state index in [2.05, 4.69) is 45.6 Å². The van der Waals surface area contributed by atoms with Gasteiger partial charge in [0.15, 0.2) is 0 Å². The zero-order chi connectivity index (χ0) is 19.6. The predicted octanol–water partition coefficient (Wildman–Crippen LogP) is 6.77. The van der Waals surface area contributed by atoms with E-state index in [1.807, 2.05) is 54.7 Å². The third-order valence-electron chi connectivity index (χ3n) is 4.81. The van der Waals surface area contributed by atoms with Gasteiger partial charge in [0.2, 0.25) is 0 Å². The standard InChI is InChI=1S/C24H18ClN3O/c25-17-8-10-18(11-9-17)29-19-5-3-4-16(12-19)14-26-24-13-21-20-6-1-2-7-22(20)28-23(21)15-27-24/h1-13,15,28H,14H2,(H,26,27). The van der Waals surface area contributed by atoms with E-state index in [0.29, 0.717) is 11.6 Å². The molecule has 29 heavy (non-hydrogen) atoms. The zero-order valence-corrected chi connectivity index (χ0v) is 16.3. The maximum atomic E-state index is 5.93. The van der Waals surface area contributed by atoms with Gasteiger partial charge in [-0.2, -0.15) is 0 Å². The first kappa shape index (κ1) is 17.6. The molecule has 5 rings (SSSR count). The summed E-state index contributed by atoms with van der Waals surface area (Å²) in [6.07, 6.45) is 1.87. The summed E-state index contributed by atoms with van der Waals surface area (Å²) in [7, 11) is 0. The number of fused-ring (bicyclic) bond motifs is 3. The number of anilines is 1. The quantitative estimate of drug-likeness (QED) is 0.342. The minimum Gasteiger partial charge on any atom is -0.457 e. The SMILES string of the molecule is Clc1ccc(Oc2cccc(CNc3cc4c(cn3)[nH]c3ccccc34)c2)cc1.